The lowest BCUT2D eigenvalue weighted by Gasteiger charge is -2.46. The molecule has 2 fully saturated rings. The summed E-state index contributed by atoms with van der Waals surface area (Å²) >= 11 is 0. The summed E-state index contributed by atoms with van der Waals surface area (Å²) in [5.41, 5.74) is -0.105. The number of rotatable bonds is 1. The second-order valence-electron chi connectivity index (χ2n) is 4.49. The van der Waals surface area contributed by atoms with Gasteiger partial charge in [-0.25, -0.2) is 0 Å². The maximum absolute atomic E-state index is 5.93. The first-order valence-electron chi connectivity index (χ1n) is 5.08. The van der Waals surface area contributed by atoms with Crippen LogP contribution in [-0.4, -0.2) is 18.3 Å². The van der Waals surface area contributed by atoms with Crippen LogP contribution in [0.2, 0.25) is 0 Å². The van der Waals surface area contributed by atoms with E-state index in [9.17, 15) is 0 Å². The lowest BCUT2D eigenvalue weighted by molar-refractivity contribution is -0.0806. The highest BCUT2D eigenvalue weighted by Gasteiger charge is 2.58. The Bertz CT molecular complexity index is 231. The molecule has 3 heteroatoms. The summed E-state index contributed by atoms with van der Waals surface area (Å²) in [6.07, 6.45) is 5.55. The molecule has 0 amide bonds. The van der Waals surface area contributed by atoms with Crippen molar-refractivity contribution in [2.75, 3.05) is 0 Å². The smallest absolute Gasteiger partial charge is 0.400 e. The minimum atomic E-state index is -0.125. The Labute approximate surface area is 80.4 Å². The molecular weight excluding hydrogens is 163 g/mol. The van der Waals surface area contributed by atoms with Crippen LogP contribution in [0.3, 0.4) is 0 Å². The molecule has 1 saturated carbocycles. The van der Waals surface area contributed by atoms with Crippen molar-refractivity contribution in [1.29, 1.82) is 0 Å². The molecule has 2 aliphatic rings. The molecule has 1 heterocycles. The second kappa shape index (κ2) is 2.86. The normalized spacial score (nSPS) is 29.9. The number of hydrogen-bond acceptors (Lipinski definition) is 2. The van der Waals surface area contributed by atoms with Crippen molar-refractivity contribution < 1.29 is 9.31 Å². The first-order chi connectivity index (χ1) is 6.10. The van der Waals surface area contributed by atoms with E-state index in [1.165, 1.54) is 6.42 Å². The monoisotopic (exact) mass is 180 g/mol. The summed E-state index contributed by atoms with van der Waals surface area (Å²) in [4.78, 5) is 0. The first kappa shape index (κ1) is 9.29. The van der Waals surface area contributed by atoms with E-state index in [1.807, 2.05) is 19.0 Å². The minimum Gasteiger partial charge on any atom is -0.400 e. The molecule has 13 heavy (non-hydrogen) atoms. The third-order valence-corrected chi connectivity index (χ3v) is 3.36. The summed E-state index contributed by atoms with van der Waals surface area (Å²) in [7, 11) is -0.125. The largest absolute Gasteiger partial charge is 0.486 e. The summed E-state index contributed by atoms with van der Waals surface area (Å²) in [5.74, 6) is 1.98. The molecule has 72 valence electrons. The van der Waals surface area contributed by atoms with Crippen LogP contribution < -0.4 is 0 Å². The molecule has 0 aromatic heterocycles. The van der Waals surface area contributed by atoms with Crippen molar-refractivity contribution in [1.82, 2.24) is 0 Å². The summed E-state index contributed by atoms with van der Waals surface area (Å²) < 4.78 is 11.8. The molecule has 1 spiro atoms. The van der Waals surface area contributed by atoms with E-state index in [1.54, 1.807) is 0 Å². The van der Waals surface area contributed by atoms with Gasteiger partial charge in [-0.1, -0.05) is 12.1 Å². The van der Waals surface area contributed by atoms with Crippen molar-refractivity contribution in [3.8, 4) is 0 Å². The quantitative estimate of drug-likeness (QED) is 0.576. The molecule has 2 rings (SSSR count). The average molecular weight is 180 g/mol. The van der Waals surface area contributed by atoms with Crippen molar-refractivity contribution >= 4 is 7.12 Å². The highest BCUT2D eigenvalue weighted by molar-refractivity contribution is 6.51. The summed E-state index contributed by atoms with van der Waals surface area (Å²) in [5, 5.41) is 0. The Morgan fingerprint density at radius 2 is 1.92 bits per heavy atom. The van der Waals surface area contributed by atoms with E-state index in [0.29, 0.717) is 0 Å². The van der Waals surface area contributed by atoms with Crippen LogP contribution in [0, 0.1) is 0 Å². The van der Waals surface area contributed by atoms with Gasteiger partial charge in [-0.3, -0.25) is 0 Å². The lowest BCUT2D eigenvalue weighted by Crippen LogP contribution is -2.52. The fourth-order valence-electron chi connectivity index (χ4n) is 2.24. The van der Waals surface area contributed by atoms with E-state index in [0.717, 1.165) is 12.8 Å². The van der Waals surface area contributed by atoms with Crippen molar-refractivity contribution in [2.45, 2.75) is 51.2 Å². The fraction of sp³-hybridized carbons (Fsp3) is 0.800. The molecular formula is C10H17BO2. The maximum atomic E-state index is 5.93. The van der Waals surface area contributed by atoms with E-state index in [4.69, 9.17) is 9.31 Å². The summed E-state index contributed by atoms with van der Waals surface area (Å²) in [6.45, 7) is 6.26. The zero-order chi connectivity index (χ0) is 9.53. The van der Waals surface area contributed by atoms with Crippen molar-refractivity contribution in [3.05, 3.63) is 12.1 Å². The predicted octanol–water partition coefficient (Wildman–Crippen LogP) is 2.34. The molecule has 0 atom stereocenters. The average Bonchev–Trinajstić information content (AvgIpc) is 2.20. The van der Waals surface area contributed by atoms with Gasteiger partial charge in [0.1, 0.15) is 0 Å². The Morgan fingerprint density at radius 3 is 2.31 bits per heavy atom. The fourth-order valence-corrected chi connectivity index (χ4v) is 2.24. The summed E-state index contributed by atoms with van der Waals surface area (Å²) in [6, 6.07) is 0. The molecule has 1 aliphatic carbocycles. The topological polar surface area (TPSA) is 18.5 Å². The minimum absolute atomic E-state index is 0.0111. The number of hydrogen-bond donors (Lipinski definition) is 0. The van der Waals surface area contributed by atoms with Gasteiger partial charge in [-0.15, -0.1) is 0 Å². The van der Waals surface area contributed by atoms with Gasteiger partial charge in [0.2, 0.25) is 0 Å². The van der Waals surface area contributed by atoms with Crippen LogP contribution in [0.15, 0.2) is 12.1 Å². The Morgan fingerprint density at radius 1 is 1.23 bits per heavy atom. The van der Waals surface area contributed by atoms with Crippen molar-refractivity contribution in [3.63, 3.8) is 0 Å². The Kier molecular flexibility index (Phi) is 2.04. The van der Waals surface area contributed by atoms with Crippen LogP contribution in [0.25, 0.3) is 0 Å². The van der Waals surface area contributed by atoms with Gasteiger partial charge in [0.25, 0.3) is 0 Å². The first-order valence-corrected chi connectivity index (χ1v) is 5.08. The Hall–Kier alpha value is -0.275. The van der Waals surface area contributed by atoms with Gasteiger partial charge < -0.3 is 9.31 Å². The van der Waals surface area contributed by atoms with Crippen LogP contribution in [0.4, 0.5) is 0 Å². The van der Waals surface area contributed by atoms with E-state index >= 15 is 0 Å². The molecule has 2 nitrogen and oxygen atoms in total. The predicted molar refractivity (Wildman–Crippen MR) is 53.4 cm³/mol. The van der Waals surface area contributed by atoms with Crippen LogP contribution in [0.1, 0.15) is 40.0 Å². The standard InChI is InChI=1S/C10H17BO2/c1-4-8-11-12-9(2,3)10(13-11)6-5-7-10/h4,8H,5-7H2,1-3H3/b8-4+. The maximum Gasteiger partial charge on any atom is 0.486 e. The van der Waals surface area contributed by atoms with Crippen LogP contribution in [-0.2, 0) is 9.31 Å². The molecule has 0 N–H and O–H groups in total. The van der Waals surface area contributed by atoms with Gasteiger partial charge in [-0.05, 0) is 40.0 Å². The molecule has 0 unspecified atom stereocenters. The molecule has 1 aliphatic heterocycles. The van der Waals surface area contributed by atoms with Crippen LogP contribution >= 0.6 is 0 Å². The van der Waals surface area contributed by atoms with E-state index in [2.05, 4.69) is 13.8 Å². The molecule has 0 bridgehead atoms. The van der Waals surface area contributed by atoms with E-state index in [-0.39, 0.29) is 18.3 Å². The van der Waals surface area contributed by atoms with E-state index < -0.39 is 0 Å². The SMILES string of the molecule is C/C=C/B1OC(C)(C)C2(CCC2)O1. The highest BCUT2D eigenvalue weighted by Crippen LogP contribution is 2.50. The zero-order valence-corrected chi connectivity index (χ0v) is 8.67. The third-order valence-electron chi connectivity index (χ3n) is 3.36. The van der Waals surface area contributed by atoms with Gasteiger partial charge in [0, 0.05) is 0 Å². The zero-order valence-electron chi connectivity index (χ0n) is 8.67. The highest BCUT2D eigenvalue weighted by atomic mass is 16.7. The van der Waals surface area contributed by atoms with Gasteiger partial charge >= 0.3 is 7.12 Å². The van der Waals surface area contributed by atoms with Gasteiger partial charge in [-0.2, -0.15) is 0 Å². The second-order valence-corrected chi connectivity index (χ2v) is 4.49. The third kappa shape index (κ3) is 1.25. The van der Waals surface area contributed by atoms with Crippen molar-refractivity contribution in [2.24, 2.45) is 0 Å². The van der Waals surface area contributed by atoms with Crippen LogP contribution in [0.5, 0.6) is 0 Å². The molecule has 0 radical (unpaired) electrons. The molecule has 0 aromatic rings. The lowest BCUT2D eigenvalue weighted by atomic mass is 9.70. The number of allylic oxidation sites excluding steroid dienone is 1. The van der Waals surface area contributed by atoms with Gasteiger partial charge in [0.05, 0.1) is 11.2 Å². The Balaban J connectivity index is 2.13. The molecule has 0 aromatic carbocycles. The molecule has 1 saturated heterocycles. The van der Waals surface area contributed by atoms with Gasteiger partial charge in [0.15, 0.2) is 0 Å².